The number of piperidine rings is 1. The van der Waals surface area contributed by atoms with E-state index in [0.717, 1.165) is 55.8 Å². The normalized spacial score (nSPS) is 19.8. The van der Waals surface area contributed by atoms with E-state index in [1.807, 2.05) is 23.1 Å². The predicted molar refractivity (Wildman–Crippen MR) is 100 cm³/mol. The molecule has 2 aromatic rings. The Morgan fingerprint density at radius 2 is 2.12 bits per heavy atom. The molecule has 0 spiro atoms. The fraction of sp³-hybridized carbons (Fsp3) is 0.500. The Balaban J connectivity index is 1.38. The van der Waals surface area contributed by atoms with Crippen molar-refractivity contribution < 1.29 is 14.0 Å². The van der Waals surface area contributed by atoms with Crippen molar-refractivity contribution in [1.29, 1.82) is 0 Å². The van der Waals surface area contributed by atoms with Crippen molar-refractivity contribution in [2.75, 3.05) is 13.1 Å². The Bertz CT molecular complexity index is 775. The largest absolute Gasteiger partial charge is 0.467 e. The lowest BCUT2D eigenvalue weighted by atomic mass is 9.87. The number of hydrogen-bond acceptors (Lipinski definition) is 4. The predicted octanol–water partition coefficient (Wildman–Crippen LogP) is 3.39. The third-order valence-corrected chi connectivity index (χ3v) is 6.55. The van der Waals surface area contributed by atoms with Crippen LogP contribution in [-0.4, -0.2) is 29.8 Å². The molecule has 26 heavy (non-hydrogen) atoms. The molecule has 1 saturated heterocycles. The topological polar surface area (TPSA) is 62.6 Å². The minimum Gasteiger partial charge on any atom is -0.467 e. The summed E-state index contributed by atoms with van der Waals surface area (Å²) in [6, 6.07) is 5.71. The zero-order chi connectivity index (χ0) is 17.9. The van der Waals surface area contributed by atoms with Crippen LogP contribution in [0.1, 0.15) is 51.6 Å². The molecule has 4 rings (SSSR count). The minimum absolute atomic E-state index is 0.0231. The van der Waals surface area contributed by atoms with E-state index in [1.54, 1.807) is 17.6 Å². The maximum absolute atomic E-state index is 12.7. The number of hydrogen-bond donors (Lipinski definition) is 1. The molecule has 1 aliphatic carbocycles. The van der Waals surface area contributed by atoms with Crippen LogP contribution in [0.5, 0.6) is 0 Å². The standard InChI is InChI=1S/C20H24N2O3S/c23-19(21-13-16-5-4-10-25-16)14-6-7-17-15(11-14)12-18(26-17)20(24)22-8-2-1-3-9-22/h4-5,10,12,14H,1-3,6-9,11,13H2,(H,21,23). The quantitative estimate of drug-likeness (QED) is 0.895. The lowest BCUT2D eigenvalue weighted by Crippen LogP contribution is -2.35. The number of fused-ring (bicyclic) bond motifs is 1. The van der Waals surface area contributed by atoms with Crippen molar-refractivity contribution in [3.05, 3.63) is 45.5 Å². The van der Waals surface area contributed by atoms with Crippen molar-refractivity contribution >= 4 is 23.2 Å². The van der Waals surface area contributed by atoms with Gasteiger partial charge in [-0.15, -0.1) is 11.3 Å². The Morgan fingerprint density at radius 1 is 1.27 bits per heavy atom. The van der Waals surface area contributed by atoms with Crippen LogP contribution in [0.3, 0.4) is 0 Å². The molecule has 1 aliphatic heterocycles. The van der Waals surface area contributed by atoms with E-state index in [-0.39, 0.29) is 17.7 Å². The van der Waals surface area contributed by atoms with Gasteiger partial charge in [-0.2, -0.15) is 0 Å². The minimum atomic E-state index is -0.0231. The fourth-order valence-corrected chi connectivity index (χ4v) is 5.01. The van der Waals surface area contributed by atoms with E-state index in [0.29, 0.717) is 6.54 Å². The Morgan fingerprint density at radius 3 is 2.88 bits per heavy atom. The molecule has 2 aromatic heterocycles. The second-order valence-electron chi connectivity index (χ2n) is 7.15. The first-order chi connectivity index (χ1) is 12.7. The van der Waals surface area contributed by atoms with Crippen LogP contribution in [0.4, 0.5) is 0 Å². The first-order valence-electron chi connectivity index (χ1n) is 9.41. The zero-order valence-corrected chi connectivity index (χ0v) is 15.6. The number of furan rings is 1. The average molecular weight is 372 g/mol. The van der Waals surface area contributed by atoms with Crippen LogP contribution >= 0.6 is 11.3 Å². The van der Waals surface area contributed by atoms with Crippen LogP contribution in [0.25, 0.3) is 0 Å². The third-order valence-electron chi connectivity index (χ3n) is 5.32. The lowest BCUT2D eigenvalue weighted by Gasteiger charge is -2.26. The van der Waals surface area contributed by atoms with E-state index in [9.17, 15) is 9.59 Å². The number of nitrogens with zero attached hydrogens (tertiary/aromatic N) is 1. The highest BCUT2D eigenvalue weighted by Gasteiger charge is 2.28. The Labute approximate surface area is 157 Å². The highest BCUT2D eigenvalue weighted by Crippen LogP contribution is 2.33. The highest BCUT2D eigenvalue weighted by molar-refractivity contribution is 7.14. The molecule has 0 aromatic carbocycles. The molecular formula is C20H24N2O3S. The van der Waals surface area contributed by atoms with Gasteiger partial charge in [-0.1, -0.05) is 0 Å². The van der Waals surface area contributed by atoms with Gasteiger partial charge < -0.3 is 14.6 Å². The molecule has 0 bridgehead atoms. The first-order valence-corrected chi connectivity index (χ1v) is 10.2. The highest BCUT2D eigenvalue weighted by atomic mass is 32.1. The van der Waals surface area contributed by atoms with Crippen LogP contribution in [0, 0.1) is 5.92 Å². The monoisotopic (exact) mass is 372 g/mol. The van der Waals surface area contributed by atoms with Crippen molar-refractivity contribution in [2.45, 2.75) is 45.1 Å². The summed E-state index contributed by atoms with van der Waals surface area (Å²) < 4.78 is 5.26. The van der Waals surface area contributed by atoms with E-state index in [1.165, 1.54) is 16.9 Å². The number of nitrogens with one attached hydrogen (secondary N) is 1. The summed E-state index contributed by atoms with van der Waals surface area (Å²) in [4.78, 5) is 29.3. The van der Waals surface area contributed by atoms with Gasteiger partial charge >= 0.3 is 0 Å². The van der Waals surface area contributed by atoms with Gasteiger partial charge in [0.15, 0.2) is 0 Å². The second-order valence-corrected chi connectivity index (χ2v) is 8.29. The van der Waals surface area contributed by atoms with Gasteiger partial charge in [-0.25, -0.2) is 0 Å². The van der Waals surface area contributed by atoms with E-state index in [2.05, 4.69) is 5.32 Å². The Kier molecular flexibility index (Phi) is 5.11. The summed E-state index contributed by atoms with van der Waals surface area (Å²) in [6.45, 7) is 2.18. The second kappa shape index (κ2) is 7.66. The van der Waals surface area contributed by atoms with E-state index in [4.69, 9.17) is 4.42 Å². The van der Waals surface area contributed by atoms with Crippen LogP contribution in [-0.2, 0) is 24.2 Å². The summed E-state index contributed by atoms with van der Waals surface area (Å²) in [6.07, 6.45) is 7.49. The summed E-state index contributed by atoms with van der Waals surface area (Å²) in [5, 5.41) is 2.96. The molecule has 3 heterocycles. The maximum atomic E-state index is 12.7. The number of carbonyl (C=O) groups excluding carboxylic acids is 2. The van der Waals surface area contributed by atoms with Crippen LogP contribution in [0.15, 0.2) is 28.9 Å². The van der Waals surface area contributed by atoms with Crippen molar-refractivity contribution in [2.24, 2.45) is 5.92 Å². The summed E-state index contributed by atoms with van der Waals surface area (Å²) in [7, 11) is 0. The number of rotatable bonds is 4. The van der Waals surface area contributed by atoms with E-state index < -0.39 is 0 Å². The lowest BCUT2D eigenvalue weighted by molar-refractivity contribution is -0.125. The van der Waals surface area contributed by atoms with Gasteiger partial charge in [0.25, 0.3) is 5.91 Å². The molecule has 1 atom stereocenters. The van der Waals surface area contributed by atoms with Crippen molar-refractivity contribution in [3.63, 3.8) is 0 Å². The van der Waals surface area contributed by atoms with Gasteiger partial charge in [-0.3, -0.25) is 9.59 Å². The third kappa shape index (κ3) is 3.70. The smallest absolute Gasteiger partial charge is 0.263 e. The first kappa shape index (κ1) is 17.3. The summed E-state index contributed by atoms with van der Waals surface area (Å²) in [5.41, 5.74) is 1.18. The molecule has 0 radical (unpaired) electrons. The molecule has 2 aliphatic rings. The summed E-state index contributed by atoms with van der Waals surface area (Å²) in [5.74, 6) is 0.981. The SMILES string of the molecule is O=C(NCc1ccco1)C1CCc2sc(C(=O)N3CCCCC3)cc2C1. The number of thiophene rings is 1. The van der Waals surface area contributed by atoms with E-state index >= 15 is 0 Å². The molecule has 138 valence electrons. The number of likely N-dealkylation sites (tertiary alicyclic amines) is 1. The van der Waals surface area contributed by atoms with Crippen LogP contribution < -0.4 is 5.32 Å². The molecule has 6 heteroatoms. The molecular weight excluding hydrogens is 348 g/mol. The molecule has 2 amide bonds. The Hall–Kier alpha value is -2.08. The van der Waals surface area contributed by atoms with Gasteiger partial charge in [0.2, 0.25) is 5.91 Å². The fourth-order valence-electron chi connectivity index (χ4n) is 3.84. The number of carbonyl (C=O) groups is 2. The zero-order valence-electron chi connectivity index (χ0n) is 14.8. The summed E-state index contributed by atoms with van der Waals surface area (Å²) >= 11 is 1.62. The number of amides is 2. The molecule has 1 N–H and O–H groups in total. The maximum Gasteiger partial charge on any atom is 0.263 e. The molecule has 0 saturated carbocycles. The average Bonchev–Trinajstić information content (AvgIpc) is 3.35. The molecule has 5 nitrogen and oxygen atoms in total. The van der Waals surface area contributed by atoms with Crippen molar-refractivity contribution in [1.82, 2.24) is 10.2 Å². The van der Waals surface area contributed by atoms with Gasteiger partial charge in [0.05, 0.1) is 17.7 Å². The molecule has 1 unspecified atom stereocenters. The van der Waals surface area contributed by atoms with Gasteiger partial charge in [0, 0.05) is 23.9 Å². The van der Waals surface area contributed by atoms with Gasteiger partial charge in [-0.05, 0) is 62.3 Å². The van der Waals surface area contributed by atoms with Gasteiger partial charge in [0.1, 0.15) is 5.76 Å². The van der Waals surface area contributed by atoms with Crippen LogP contribution in [0.2, 0.25) is 0 Å². The molecule has 1 fully saturated rings. The number of aryl methyl sites for hydroxylation is 1. The van der Waals surface area contributed by atoms with Crippen molar-refractivity contribution in [3.8, 4) is 0 Å².